The third kappa shape index (κ3) is 11.4. The fourth-order valence-corrected chi connectivity index (χ4v) is 1.40. The average Bonchev–Trinajstić information content (AvgIpc) is 2.35. The number of carbonyl (C=O) groups excluding carboxylic acids is 1. The van der Waals surface area contributed by atoms with Crippen LogP contribution in [0, 0.1) is 0 Å². The van der Waals surface area contributed by atoms with Gasteiger partial charge in [-0.1, -0.05) is 44.9 Å². The second-order valence-electron chi connectivity index (χ2n) is 4.52. The maximum atomic E-state index is 11.1. The van der Waals surface area contributed by atoms with Gasteiger partial charge in [0.2, 0.25) is 0 Å². The molecule has 0 saturated carbocycles. The van der Waals surface area contributed by atoms with Crippen molar-refractivity contribution in [2.45, 2.75) is 58.8 Å². The zero-order valence-corrected chi connectivity index (χ0v) is 11.8. The van der Waals surface area contributed by atoms with E-state index in [0.717, 1.165) is 12.8 Å². The number of hydrogen-bond donors (Lipinski definition) is 1. The molecule has 0 heterocycles. The van der Waals surface area contributed by atoms with Gasteiger partial charge in [-0.2, -0.15) is 0 Å². The molecule has 0 radical (unpaired) electrons. The average molecular weight is 253 g/mol. The Bertz CT molecular complexity index is 259. The molecular formula is C15H27NO2. The van der Waals surface area contributed by atoms with Crippen molar-refractivity contribution < 1.29 is 9.63 Å². The zero-order valence-electron chi connectivity index (χ0n) is 11.8. The summed E-state index contributed by atoms with van der Waals surface area (Å²) in [4.78, 5) is 16.1. The molecular weight excluding hydrogens is 226 g/mol. The van der Waals surface area contributed by atoms with E-state index in [1.54, 1.807) is 6.92 Å². The summed E-state index contributed by atoms with van der Waals surface area (Å²) in [6.07, 6.45) is 12.7. The summed E-state index contributed by atoms with van der Waals surface area (Å²) in [7, 11) is 0. The number of carbonyl (C=O) groups is 1. The quantitative estimate of drug-likeness (QED) is 0.262. The number of amides is 1. The summed E-state index contributed by atoms with van der Waals surface area (Å²) in [5.41, 5.74) is 2.82. The van der Waals surface area contributed by atoms with Crippen LogP contribution in [0.4, 0.5) is 0 Å². The normalized spacial score (nSPS) is 10.8. The summed E-state index contributed by atoms with van der Waals surface area (Å²) in [5, 5.41) is 0. The molecule has 104 valence electrons. The molecule has 0 fully saturated rings. The Morgan fingerprint density at radius 3 is 2.50 bits per heavy atom. The van der Waals surface area contributed by atoms with Gasteiger partial charge in [-0.05, 0) is 32.6 Å². The molecule has 1 N–H and O–H groups in total. The largest absolute Gasteiger partial charge is 0.273 e. The van der Waals surface area contributed by atoms with Crippen molar-refractivity contribution in [2.75, 3.05) is 6.61 Å². The van der Waals surface area contributed by atoms with Crippen molar-refractivity contribution in [2.24, 2.45) is 0 Å². The van der Waals surface area contributed by atoms with Crippen molar-refractivity contribution >= 4 is 5.91 Å². The first kappa shape index (κ1) is 16.9. The van der Waals surface area contributed by atoms with Crippen molar-refractivity contribution in [3.05, 3.63) is 24.3 Å². The van der Waals surface area contributed by atoms with E-state index in [0.29, 0.717) is 12.2 Å². The van der Waals surface area contributed by atoms with Gasteiger partial charge in [-0.3, -0.25) is 9.63 Å². The minimum atomic E-state index is -0.240. The Balaban J connectivity index is 3.17. The predicted octanol–water partition coefficient (Wildman–Crippen LogP) is 3.92. The van der Waals surface area contributed by atoms with Crippen LogP contribution in [-0.2, 0) is 9.63 Å². The van der Waals surface area contributed by atoms with Gasteiger partial charge in [0, 0.05) is 5.57 Å². The molecule has 0 aromatic rings. The number of hydrogen-bond acceptors (Lipinski definition) is 2. The molecule has 0 aromatic carbocycles. The molecule has 0 unspecified atom stereocenters. The van der Waals surface area contributed by atoms with Gasteiger partial charge in [-0.25, -0.2) is 5.48 Å². The van der Waals surface area contributed by atoms with Crippen LogP contribution in [0.15, 0.2) is 24.3 Å². The summed E-state index contributed by atoms with van der Waals surface area (Å²) in [5.74, 6) is -0.240. The highest BCUT2D eigenvalue weighted by atomic mass is 16.6. The van der Waals surface area contributed by atoms with E-state index in [1.165, 1.54) is 32.1 Å². The Morgan fingerprint density at radius 2 is 1.83 bits per heavy atom. The molecule has 3 nitrogen and oxygen atoms in total. The molecule has 0 atom stereocenters. The van der Waals surface area contributed by atoms with Crippen molar-refractivity contribution in [1.82, 2.24) is 5.48 Å². The third-order valence-corrected chi connectivity index (χ3v) is 2.54. The maximum absolute atomic E-state index is 11.1. The van der Waals surface area contributed by atoms with E-state index >= 15 is 0 Å². The topological polar surface area (TPSA) is 38.3 Å². The van der Waals surface area contributed by atoms with Gasteiger partial charge in [-0.15, -0.1) is 0 Å². The molecule has 0 aliphatic heterocycles. The molecule has 0 spiro atoms. The molecule has 1 amide bonds. The molecule has 0 aromatic heterocycles. The number of unbranched alkanes of at least 4 members (excludes halogenated alkanes) is 5. The van der Waals surface area contributed by atoms with Crippen LogP contribution in [0.5, 0.6) is 0 Å². The van der Waals surface area contributed by atoms with Crippen LogP contribution in [0.3, 0.4) is 0 Å². The van der Waals surface area contributed by atoms with Crippen molar-refractivity contribution in [3.8, 4) is 0 Å². The second-order valence-corrected chi connectivity index (χ2v) is 4.52. The third-order valence-electron chi connectivity index (χ3n) is 2.54. The maximum Gasteiger partial charge on any atom is 0.269 e. The second kappa shape index (κ2) is 12.4. The lowest BCUT2D eigenvalue weighted by molar-refractivity contribution is -0.129. The van der Waals surface area contributed by atoms with Gasteiger partial charge in [0.1, 0.15) is 0 Å². The monoisotopic (exact) mass is 253 g/mol. The smallest absolute Gasteiger partial charge is 0.269 e. The SMILES string of the molecule is C=C(C)C(=O)NOCCCCCC/C=C/CCC. The molecule has 18 heavy (non-hydrogen) atoms. The Morgan fingerprint density at radius 1 is 1.17 bits per heavy atom. The van der Waals surface area contributed by atoms with Crippen LogP contribution >= 0.6 is 0 Å². The molecule has 0 rings (SSSR count). The van der Waals surface area contributed by atoms with Gasteiger partial charge >= 0.3 is 0 Å². The molecule has 3 heteroatoms. The molecule has 0 saturated heterocycles. The number of hydroxylamine groups is 1. The van der Waals surface area contributed by atoms with Gasteiger partial charge in [0.25, 0.3) is 5.91 Å². The highest BCUT2D eigenvalue weighted by molar-refractivity contribution is 5.91. The standard InChI is InChI=1S/C15H27NO2/c1-4-5-6-7-8-9-10-11-12-13-18-16-15(17)14(2)3/h6-7H,2,4-5,8-13H2,1,3H3,(H,16,17)/b7-6+. The highest BCUT2D eigenvalue weighted by Crippen LogP contribution is 2.04. The lowest BCUT2D eigenvalue weighted by Gasteiger charge is -2.04. The van der Waals surface area contributed by atoms with Crippen molar-refractivity contribution in [1.29, 1.82) is 0 Å². The highest BCUT2D eigenvalue weighted by Gasteiger charge is 1.99. The lowest BCUT2D eigenvalue weighted by Crippen LogP contribution is -2.24. The van der Waals surface area contributed by atoms with Crippen molar-refractivity contribution in [3.63, 3.8) is 0 Å². The summed E-state index contributed by atoms with van der Waals surface area (Å²) in [6, 6.07) is 0. The summed E-state index contributed by atoms with van der Waals surface area (Å²) in [6.45, 7) is 7.95. The first-order valence-corrected chi connectivity index (χ1v) is 6.91. The van der Waals surface area contributed by atoms with Crippen LogP contribution in [-0.4, -0.2) is 12.5 Å². The van der Waals surface area contributed by atoms with Gasteiger partial charge in [0.05, 0.1) is 6.61 Å². The summed E-state index contributed by atoms with van der Waals surface area (Å²) < 4.78 is 0. The van der Waals surface area contributed by atoms with Crippen LogP contribution in [0.25, 0.3) is 0 Å². The first-order valence-electron chi connectivity index (χ1n) is 6.91. The minimum absolute atomic E-state index is 0.240. The molecule has 0 bridgehead atoms. The van der Waals surface area contributed by atoms with Crippen LogP contribution in [0.2, 0.25) is 0 Å². The molecule has 0 aliphatic rings. The van der Waals surface area contributed by atoms with E-state index in [9.17, 15) is 4.79 Å². The number of nitrogens with one attached hydrogen (secondary N) is 1. The number of allylic oxidation sites excluding steroid dienone is 2. The van der Waals surface area contributed by atoms with E-state index < -0.39 is 0 Å². The Kier molecular flexibility index (Phi) is 11.6. The molecule has 0 aliphatic carbocycles. The van der Waals surface area contributed by atoms with Crippen LogP contribution < -0.4 is 5.48 Å². The van der Waals surface area contributed by atoms with Gasteiger partial charge < -0.3 is 0 Å². The Labute approximate surface area is 111 Å². The van der Waals surface area contributed by atoms with E-state index in [-0.39, 0.29) is 5.91 Å². The van der Waals surface area contributed by atoms with Gasteiger partial charge in [0.15, 0.2) is 0 Å². The number of rotatable bonds is 11. The van der Waals surface area contributed by atoms with E-state index in [2.05, 4.69) is 31.1 Å². The van der Waals surface area contributed by atoms with Crippen LogP contribution in [0.1, 0.15) is 58.8 Å². The summed E-state index contributed by atoms with van der Waals surface area (Å²) >= 11 is 0. The fourth-order valence-electron chi connectivity index (χ4n) is 1.40. The Hall–Kier alpha value is -1.09. The zero-order chi connectivity index (χ0) is 13.6. The first-order chi connectivity index (χ1) is 8.68. The fraction of sp³-hybridized carbons (Fsp3) is 0.667. The van der Waals surface area contributed by atoms with E-state index in [4.69, 9.17) is 4.84 Å². The lowest BCUT2D eigenvalue weighted by atomic mass is 10.1. The predicted molar refractivity (Wildman–Crippen MR) is 76.0 cm³/mol. The minimum Gasteiger partial charge on any atom is -0.273 e. The van der Waals surface area contributed by atoms with E-state index in [1.807, 2.05) is 0 Å².